The molecule has 18 heavy (non-hydrogen) atoms. The minimum absolute atomic E-state index is 0.101. The molecular formula is C12H11ClF4O. The van der Waals surface area contributed by atoms with Gasteiger partial charge < -0.3 is 0 Å². The molecule has 0 spiro atoms. The number of carbonyl (C=O) groups excluding carboxylic acids is 1. The van der Waals surface area contributed by atoms with Crippen LogP contribution in [0.2, 0.25) is 5.02 Å². The maximum atomic E-state index is 13.4. The summed E-state index contributed by atoms with van der Waals surface area (Å²) in [6.45, 7) is 0. The predicted octanol–water partition coefficient (Wildman–Crippen LogP) is 4.32. The summed E-state index contributed by atoms with van der Waals surface area (Å²) in [6.07, 6.45) is -5.99. The lowest BCUT2D eigenvalue weighted by molar-refractivity contribution is -0.137. The van der Waals surface area contributed by atoms with E-state index in [2.05, 4.69) is 0 Å². The Kier molecular flexibility index (Phi) is 5.14. The third-order valence-corrected chi connectivity index (χ3v) is 2.63. The molecule has 0 unspecified atom stereocenters. The molecule has 0 aliphatic heterocycles. The Labute approximate surface area is 107 Å². The highest BCUT2D eigenvalue weighted by atomic mass is 35.5. The Hall–Kier alpha value is -1.10. The second kappa shape index (κ2) is 6.18. The minimum Gasteiger partial charge on any atom is -0.299 e. The van der Waals surface area contributed by atoms with Crippen molar-refractivity contribution in [3.8, 4) is 0 Å². The lowest BCUT2D eigenvalue weighted by Crippen LogP contribution is -2.10. The first kappa shape index (κ1) is 15.0. The molecule has 1 rings (SSSR count). The molecule has 0 bridgehead atoms. The molecule has 0 saturated carbocycles. The van der Waals surface area contributed by atoms with E-state index in [9.17, 15) is 22.4 Å². The van der Waals surface area contributed by atoms with E-state index < -0.39 is 24.2 Å². The molecule has 0 aliphatic carbocycles. The maximum absolute atomic E-state index is 13.4. The van der Waals surface area contributed by atoms with Crippen LogP contribution in [0.25, 0.3) is 0 Å². The first-order chi connectivity index (χ1) is 8.29. The van der Waals surface area contributed by atoms with Gasteiger partial charge in [0.05, 0.1) is 5.02 Å². The van der Waals surface area contributed by atoms with Gasteiger partial charge in [-0.3, -0.25) is 4.79 Å². The zero-order chi connectivity index (χ0) is 13.8. The molecule has 1 aromatic rings. The van der Waals surface area contributed by atoms with Crippen LogP contribution in [-0.2, 0) is 11.2 Å². The summed E-state index contributed by atoms with van der Waals surface area (Å²) in [6, 6.07) is 4.22. The van der Waals surface area contributed by atoms with Crippen molar-refractivity contribution < 1.29 is 22.4 Å². The average Bonchev–Trinajstić information content (AvgIpc) is 2.23. The lowest BCUT2D eigenvalue weighted by atomic mass is 10.0. The fourth-order valence-corrected chi connectivity index (χ4v) is 1.67. The van der Waals surface area contributed by atoms with E-state index in [0.717, 1.165) is 0 Å². The first-order valence-corrected chi connectivity index (χ1v) is 5.69. The van der Waals surface area contributed by atoms with E-state index in [1.807, 2.05) is 0 Å². The molecule has 100 valence electrons. The van der Waals surface area contributed by atoms with Crippen molar-refractivity contribution in [3.05, 3.63) is 34.6 Å². The van der Waals surface area contributed by atoms with Crippen LogP contribution in [0.1, 0.15) is 24.8 Å². The molecular weight excluding hydrogens is 272 g/mol. The summed E-state index contributed by atoms with van der Waals surface area (Å²) < 4.78 is 49.0. The van der Waals surface area contributed by atoms with Gasteiger partial charge in [-0.05, 0) is 18.1 Å². The van der Waals surface area contributed by atoms with Gasteiger partial charge in [-0.15, -0.1) is 0 Å². The van der Waals surface area contributed by atoms with Crippen molar-refractivity contribution in [1.82, 2.24) is 0 Å². The molecule has 6 heteroatoms. The second-order valence-corrected chi connectivity index (χ2v) is 4.30. The van der Waals surface area contributed by atoms with Gasteiger partial charge in [-0.2, -0.15) is 13.2 Å². The van der Waals surface area contributed by atoms with Crippen LogP contribution in [0.3, 0.4) is 0 Å². The Bertz CT molecular complexity index is 429. The standard InChI is InChI=1S/C12H11ClF4O/c13-10-5-1-3-8(11(10)14)7-9(18)4-2-6-12(15,16)17/h1,3,5H,2,4,6-7H2. The number of benzene rings is 1. The molecule has 1 nitrogen and oxygen atoms in total. The van der Waals surface area contributed by atoms with Crippen molar-refractivity contribution in [2.45, 2.75) is 31.9 Å². The Morgan fingerprint density at radius 2 is 1.94 bits per heavy atom. The largest absolute Gasteiger partial charge is 0.389 e. The minimum atomic E-state index is -4.26. The number of hydrogen-bond donors (Lipinski definition) is 0. The monoisotopic (exact) mass is 282 g/mol. The second-order valence-electron chi connectivity index (χ2n) is 3.90. The van der Waals surface area contributed by atoms with E-state index in [0.29, 0.717) is 0 Å². The molecule has 0 aliphatic rings. The molecule has 0 N–H and O–H groups in total. The Morgan fingerprint density at radius 1 is 1.28 bits per heavy atom. The van der Waals surface area contributed by atoms with Crippen molar-refractivity contribution in [1.29, 1.82) is 0 Å². The highest BCUT2D eigenvalue weighted by Gasteiger charge is 2.26. The van der Waals surface area contributed by atoms with E-state index >= 15 is 0 Å². The first-order valence-electron chi connectivity index (χ1n) is 5.31. The lowest BCUT2D eigenvalue weighted by Gasteiger charge is -2.06. The number of alkyl halides is 3. The van der Waals surface area contributed by atoms with Gasteiger partial charge >= 0.3 is 6.18 Å². The van der Waals surface area contributed by atoms with E-state index in [1.165, 1.54) is 18.2 Å². The van der Waals surface area contributed by atoms with Crippen molar-refractivity contribution in [3.63, 3.8) is 0 Å². The fraction of sp³-hybridized carbons (Fsp3) is 0.417. The topological polar surface area (TPSA) is 17.1 Å². The normalized spacial score (nSPS) is 11.6. The van der Waals surface area contributed by atoms with Crippen LogP contribution >= 0.6 is 11.6 Å². The van der Waals surface area contributed by atoms with Crippen LogP contribution in [0, 0.1) is 5.82 Å². The fourth-order valence-electron chi connectivity index (χ4n) is 1.47. The van der Waals surface area contributed by atoms with Crippen molar-refractivity contribution in [2.75, 3.05) is 0 Å². The number of rotatable bonds is 5. The molecule has 0 amide bonds. The number of Topliss-reactive ketones (excluding diaryl/α,β-unsaturated/α-hetero) is 1. The third kappa shape index (κ3) is 5.04. The van der Waals surface area contributed by atoms with E-state index in [1.54, 1.807) is 0 Å². The zero-order valence-electron chi connectivity index (χ0n) is 9.36. The molecule has 0 radical (unpaired) electrons. The Balaban J connectivity index is 2.48. The van der Waals surface area contributed by atoms with E-state index in [4.69, 9.17) is 11.6 Å². The molecule has 0 atom stereocenters. The molecule has 0 fully saturated rings. The summed E-state index contributed by atoms with van der Waals surface area (Å²) in [7, 11) is 0. The van der Waals surface area contributed by atoms with Gasteiger partial charge in [-0.25, -0.2) is 4.39 Å². The van der Waals surface area contributed by atoms with Crippen LogP contribution < -0.4 is 0 Å². The number of ketones is 1. The average molecular weight is 283 g/mol. The predicted molar refractivity (Wildman–Crippen MR) is 60.0 cm³/mol. The number of carbonyl (C=O) groups is 1. The molecule has 0 heterocycles. The van der Waals surface area contributed by atoms with Gasteiger partial charge in [0.2, 0.25) is 0 Å². The van der Waals surface area contributed by atoms with Crippen LogP contribution in [0.4, 0.5) is 17.6 Å². The maximum Gasteiger partial charge on any atom is 0.389 e. The van der Waals surface area contributed by atoms with Gasteiger partial charge in [0.15, 0.2) is 0 Å². The molecule has 0 aromatic heterocycles. The quantitative estimate of drug-likeness (QED) is 0.735. The smallest absolute Gasteiger partial charge is 0.299 e. The van der Waals surface area contributed by atoms with E-state index in [-0.39, 0.29) is 29.8 Å². The summed E-state index contributed by atoms with van der Waals surface area (Å²) >= 11 is 5.53. The number of halogens is 5. The zero-order valence-corrected chi connectivity index (χ0v) is 10.1. The van der Waals surface area contributed by atoms with Crippen LogP contribution in [-0.4, -0.2) is 12.0 Å². The molecule has 1 aromatic carbocycles. The summed E-state index contributed by atoms with van der Waals surface area (Å²) in [5, 5.41) is -0.101. The summed E-state index contributed by atoms with van der Waals surface area (Å²) in [4.78, 5) is 11.4. The van der Waals surface area contributed by atoms with Gasteiger partial charge in [-0.1, -0.05) is 23.7 Å². The van der Waals surface area contributed by atoms with Crippen molar-refractivity contribution >= 4 is 17.4 Å². The highest BCUT2D eigenvalue weighted by Crippen LogP contribution is 2.23. The summed E-state index contributed by atoms with van der Waals surface area (Å²) in [5.41, 5.74) is 0.111. The number of hydrogen-bond acceptors (Lipinski definition) is 1. The summed E-state index contributed by atoms with van der Waals surface area (Å²) in [5.74, 6) is -1.12. The van der Waals surface area contributed by atoms with Gasteiger partial charge in [0.1, 0.15) is 11.6 Å². The van der Waals surface area contributed by atoms with Crippen LogP contribution in [0.5, 0.6) is 0 Å². The van der Waals surface area contributed by atoms with Gasteiger partial charge in [0, 0.05) is 19.3 Å². The highest BCUT2D eigenvalue weighted by molar-refractivity contribution is 6.30. The SMILES string of the molecule is O=C(CCCC(F)(F)F)Cc1cccc(Cl)c1F. The van der Waals surface area contributed by atoms with Gasteiger partial charge in [0.25, 0.3) is 0 Å². The molecule has 0 saturated heterocycles. The Morgan fingerprint density at radius 3 is 2.56 bits per heavy atom. The van der Waals surface area contributed by atoms with Crippen molar-refractivity contribution in [2.24, 2.45) is 0 Å². The third-order valence-electron chi connectivity index (χ3n) is 2.34. The van der Waals surface area contributed by atoms with Crippen LogP contribution in [0.15, 0.2) is 18.2 Å².